The minimum absolute atomic E-state index is 0.194. The zero-order valence-corrected chi connectivity index (χ0v) is 19.9. The van der Waals surface area contributed by atoms with E-state index in [4.69, 9.17) is 9.47 Å². The van der Waals surface area contributed by atoms with Gasteiger partial charge in [-0.15, -0.1) is 0 Å². The molecule has 8 nitrogen and oxygen atoms in total. The van der Waals surface area contributed by atoms with Crippen molar-refractivity contribution in [3.8, 4) is 22.8 Å². The van der Waals surface area contributed by atoms with Gasteiger partial charge < -0.3 is 19.9 Å². The SMILES string of the molecule is COc1cccc(OC)c1-c1cc(C(=O)NC(CC(=O)O)Cc2ccccc2)nn1CC(C)C. The Morgan fingerprint density at radius 1 is 1.03 bits per heavy atom. The van der Waals surface area contributed by atoms with E-state index in [1.54, 1.807) is 25.0 Å². The van der Waals surface area contributed by atoms with Crippen LogP contribution in [0.5, 0.6) is 11.5 Å². The van der Waals surface area contributed by atoms with Crippen LogP contribution in [0, 0.1) is 5.92 Å². The number of nitrogens with zero attached hydrogens (tertiary/aromatic N) is 2. The van der Waals surface area contributed by atoms with Gasteiger partial charge in [0, 0.05) is 12.6 Å². The number of aliphatic carboxylic acids is 1. The van der Waals surface area contributed by atoms with Crippen LogP contribution >= 0.6 is 0 Å². The summed E-state index contributed by atoms with van der Waals surface area (Å²) in [5, 5.41) is 16.8. The van der Waals surface area contributed by atoms with Crippen LogP contribution in [0.25, 0.3) is 11.3 Å². The summed E-state index contributed by atoms with van der Waals surface area (Å²) in [6.07, 6.45) is 0.208. The maximum atomic E-state index is 13.2. The lowest BCUT2D eigenvalue weighted by atomic mass is 10.0. The lowest BCUT2D eigenvalue weighted by Crippen LogP contribution is -2.38. The Labute approximate surface area is 199 Å². The first kappa shape index (κ1) is 24.8. The number of nitrogens with one attached hydrogen (secondary N) is 1. The van der Waals surface area contributed by atoms with Crippen LogP contribution in [0.1, 0.15) is 36.3 Å². The van der Waals surface area contributed by atoms with E-state index in [1.807, 2.05) is 48.5 Å². The van der Waals surface area contributed by atoms with Gasteiger partial charge in [0.05, 0.1) is 31.9 Å². The van der Waals surface area contributed by atoms with Gasteiger partial charge in [-0.2, -0.15) is 5.10 Å². The number of carbonyl (C=O) groups is 2. The second-order valence-electron chi connectivity index (χ2n) is 8.49. The van der Waals surface area contributed by atoms with E-state index in [9.17, 15) is 14.7 Å². The van der Waals surface area contributed by atoms with Crippen molar-refractivity contribution in [3.63, 3.8) is 0 Å². The van der Waals surface area contributed by atoms with Gasteiger partial charge in [-0.3, -0.25) is 14.3 Å². The summed E-state index contributed by atoms with van der Waals surface area (Å²) < 4.78 is 12.9. The van der Waals surface area contributed by atoms with E-state index in [0.29, 0.717) is 35.7 Å². The predicted octanol–water partition coefficient (Wildman–Crippen LogP) is 4.04. The Morgan fingerprint density at radius 2 is 1.68 bits per heavy atom. The number of ether oxygens (including phenoxy) is 2. The number of carboxylic acids is 1. The second-order valence-corrected chi connectivity index (χ2v) is 8.49. The third-order valence-corrected chi connectivity index (χ3v) is 5.32. The van der Waals surface area contributed by atoms with Gasteiger partial charge >= 0.3 is 5.97 Å². The van der Waals surface area contributed by atoms with Crippen molar-refractivity contribution in [3.05, 3.63) is 65.9 Å². The van der Waals surface area contributed by atoms with E-state index in [1.165, 1.54) is 0 Å². The van der Waals surface area contributed by atoms with Gasteiger partial charge in [0.15, 0.2) is 5.69 Å². The van der Waals surface area contributed by atoms with Crippen molar-refractivity contribution in [2.24, 2.45) is 5.92 Å². The van der Waals surface area contributed by atoms with Crippen LogP contribution in [0.3, 0.4) is 0 Å². The molecule has 0 aliphatic heterocycles. The first-order chi connectivity index (χ1) is 16.3. The molecular formula is C26H31N3O5. The molecule has 0 spiro atoms. The zero-order chi connectivity index (χ0) is 24.7. The molecule has 8 heteroatoms. The first-order valence-electron chi connectivity index (χ1n) is 11.2. The molecule has 1 atom stereocenters. The molecule has 34 heavy (non-hydrogen) atoms. The summed E-state index contributed by atoms with van der Waals surface area (Å²) in [5.74, 6) is 0.0620. The molecule has 1 unspecified atom stereocenters. The molecule has 0 saturated carbocycles. The minimum atomic E-state index is -0.981. The van der Waals surface area contributed by atoms with Crippen molar-refractivity contribution in [2.45, 2.75) is 39.3 Å². The van der Waals surface area contributed by atoms with Gasteiger partial charge in [0.1, 0.15) is 11.5 Å². The molecule has 2 aromatic carbocycles. The van der Waals surface area contributed by atoms with Crippen molar-refractivity contribution in [2.75, 3.05) is 14.2 Å². The molecule has 0 fully saturated rings. The number of hydrogen-bond acceptors (Lipinski definition) is 5. The van der Waals surface area contributed by atoms with Crippen LogP contribution < -0.4 is 14.8 Å². The Balaban J connectivity index is 1.96. The molecule has 180 valence electrons. The number of carbonyl (C=O) groups excluding carboxylic acids is 1. The van der Waals surface area contributed by atoms with Crippen LogP contribution in [0.15, 0.2) is 54.6 Å². The van der Waals surface area contributed by atoms with Crippen molar-refractivity contribution in [1.29, 1.82) is 0 Å². The van der Waals surface area contributed by atoms with Crippen molar-refractivity contribution >= 4 is 11.9 Å². The summed E-state index contributed by atoms with van der Waals surface area (Å²) in [6, 6.07) is 16.1. The number of amides is 1. The maximum absolute atomic E-state index is 13.2. The molecule has 2 N–H and O–H groups in total. The van der Waals surface area contributed by atoms with Crippen LogP contribution in [0.4, 0.5) is 0 Å². The number of aromatic nitrogens is 2. The summed E-state index contributed by atoms with van der Waals surface area (Å²) >= 11 is 0. The molecule has 1 amide bonds. The summed E-state index contributed by atoms with van der Waals surface area (Å²) in [7, 11) is 3.16. The standard InChI is InChI=1S/C26H31N3O5/c1-17(2)16-29-21(25-22(33-3)11-8-12-23(25)34-4)15-20(28-29)26(32)27-19(14-24(30)31)13-18-9-6-5-7-10-18/h5-12,15,17,19H,13-14,16H2,1-4H3,(H,27,32)(H,30,31). The van der Waals surface area contributed by atoms with Gasteiger partial charge in [0.25, 0.3) is 5.91 Å². The van der Waals surface area contributed by atoms with E-state index in [0.717, 1.165) is 5.56 Å². The Kier molecular flexibility index (Phi) is 8.29. The van der Waals surface area contributed by atoms with E-state index in [-0.39, 0.29) is 18.0 Å². The average molecular weight is 466 g/mol. The number of carboxylic acid groups (broad SMARTS) is 1. The molecule has 0 aliphatic rings. The highest BCUT2D eigenvalue weighted by Gasteiger charge is 2.24. The Morgan fingerprint density at radius 3 is 2.24 bits per heavy atom. The Hall–Kier alpha value is -3.81. The summed E-state index contributed by atoms with van der Waals surface area (Å²) in [6.45, 7) is 4.70. The molecule has 3 aromatic rings. The number of rotatable bonds is 11. The summed E-state index contributed by atoms with van der Waals surface area (Å²) in [5.41, 5.74) is 2.53. The van der Waals surface area contributed by atoms with E-state index >= 15 is 0 Å². The highest BCUT2D eigenvalue weighted by atomic mass is 16.5. The van der Waals surface area contributed by atoms with Crippen molar-refractivity contribution < 1.29 is 24.2 Å². The molecule has 0 radical (unpaired) electrons. The smallest absolute Gasteiger partial charge is 0.305 e. The third kappa shape index (κ3) is 6.15. The number of methoxy groups -OCH3 is 2. The molecule has 3 rings (SSSR count). The molecular weight excluding hydrogens is 434 g/mol. The van der Waals surface area contributed by atoms with E-state index in [2.05, 4.69) is 24.3 Å². The first-order valence-corrected chi connectivity index (χ1v) is 11.2. The van der Waals surface area contributed by atoms with Gasteiger partial charge in [-0.25, -0.2) is 0 Å². The molecule has 0 aliphatic carbocycles. The third-order valence-electron chi connectivity index (χ3n) is 5.32. The topological polar surface area (TPSA) is 103 Å². The normalized spacial score (nSPS) is 11.8. The van der Waals surface area contributed by atoms with E-state index < -0.39 is 17.9 Å². The lowest BCUT2D eigenvalue weighted by Gasteiger charge is -2.16. The fourth-order valence-electron chi connectivity index (χ4n) is 3.86. The fourth-order valence-corrected chi connectivity index (χ4v) is 3.86. The maximum Gasteiger partial charge on any atom is 0.305 e. The fraction of sp³-hybridized carbons (Fsp3) is 0.346. The second kappa shape index (κ2) is 11.4. The predicted molar refractivity (Wildman–Crippen MR) is 129 cm³/mol. The lowest BCUT2D eigenvalue weighted by molar-refractivity contribution is -0.137. The zero-order valence-electron chi connectivity index (χ0n) is 19.9. The van der Waals surface area contributed by atoms with Crippen LogP contribution in [-0.4, -0.2) is 47.0 Å². The number of hydrogen-bond donors (Lipinski definition) is 2. The molecule has 1 heterocycles. The summed E-state index contributed by atoms with van der Waals surface area (Å²) in [4.78, 5) is 24.6. The van der Waals surface area contributed by atoms with Crippen LogP contribution in [-0.2, 0) is 17.8 Å². The highest BCUT2D eigenvalue weighted by Crippen LogP contribution is 2.38. The van der Waals surface area contributed by atoms with Crippen LogP contribution in [0.2, 0.25) is 0 Å². The van der Waals surface area contributed by atoms with Gasteiger partial charge in [-0.1, -0.05) is 50.2 Å². The number of benzene rings is 2. The minimum Gasteiger partial charge on any atom is -0.496 e. The largest absolute Gasteiger partial charge is 0.496 e. The average Bonchev–Trinajstić information content (AvgIpc) is 3.21. The Bertz CT molecular complexity index is 1100. The van der Waals surface area contributed by atoms with Crippen molar-refractivity contribution in [1.82, 2.24) is 15.1 Å². The quantitative estimate of drug-likeness (QED) is 0.443. The van der Waals surface area contributed by atoms with Gasteiger partial charge in [0.2, 0.25) is 0 Å². The molecule has 0 saturated heterocycles. The highest BCUT2D eigenvalue weighted by molar-refractivity contribution is 5.94. The van der Waals surface area contributed by atoms with Gasteiger partial charge in [-0.05, 0) is 36.1 Å². The molecule has 0 bridgehead atoms. The molecule has 1 aromatic heterocycles. The monoisotopic (exact) mass is 465 g/mol.